The summed E-state index contributed by atoms with van der Waals surface area (Å²) in [5.41, 5.74) is -0.602. The third-order valence-electron chi connectivity index (χ3n) is 2.37. The number of rotatable bonds is 3. The Morgan fingerprint density at radius 1 is 1.37 bits per heavy atom. The molecule has 1 aliphatic heterocycles. The summed E-state index contributed by atoms with van der Waals surface area (Å²) >= 11 is 0. The lowest BCUT2D eigenvalue weighted by Gasteiger charge is -2.20. The quantitative estimate of drug-likeness (QED) is 0.829. The highest BCUT2D eigenvalue weighted by Gasteiger charge is 2.37. The molecule has 1 amide bonds. The van der Waals surface area contributed by atoms with Crippen LogP contribution in [0.4, 0.5) is 18.0 Å². The van der Waals surface area contributed by atoms with Crippen LogP contribution in [0.2, 0.25) is 0 Å². The van der Waals surface area contributed by atoms with Crippen molar-refractivity contribution in [1.29, 1.82) is 0 Å². The number of halogens is 3. The van der Waals surface area contributed by atoms with Crippen LogP contribution in [0.5, 0.6) is 0 Å². The number of carbonyl (C=O) groups excluding carboxylic acids is 1. The van der Waals surface area contributed by atoms with Crippen molar-refractivity contribution in [3.8, 4) is 0 Å². The highest BCUT2D eigenvalue weighted by molar-refractivity contribution is 5.67. The third kappa shape index (κ3) is 7.22. The summed E-state index contributed by atoms with van der Waals surface area (Å²) in [6.45, 7) is 5.50. The molecular weight excluding hydrogens is 265 g/mol. The highest BCUT2D eigenvalue weighted by Crippen LogP contribution is 2.22. The zero-order valence-corrected chi connectivity index (χ0v) is 11.1. The molecule has 1 rings (SSSR count). The van der Waals surface area contributed by atoms with Crippen molar-refractivity contribution in [2.45, 2.75) is 51.3 Å². The van der Waals surface area contributed by atoms with Crippen LogP contribution in [0, 0.1) is 0 Å². The standard InChI is InChI=1S/C11H19F3N2O3/c1-10(2,3)19-9(17)16-5-7-4-8(6-15-7)18-11(12,13)14/h7-8,15H,4-6H2,1-3H3,(H,16,17)/t7-,8-/m0/s1. The Kier molecular flexibility index (Phi) is 5.03. The normalized spacial score (nSPS) is 24.3. The molecule has 2 atom stereocenters. The summed E-state index contributed by atoms with van der Waals surface area (Å²) in [7, 11) is 0. The Hall–Kier alpha value is -1.02. The number of amides is 1. The first-order valence-corrected chi connectivity index (χ1v) is 6.00. The maximum absolute atomic E-state index is 12.0. The molecule has 0 saturated carbocycles. The van der Waals surface area contributed by atoms with Crippen LogP contribution < -0.4 is 10.6 Å². The van der Waals surface area contributed by atoms with Gasteiger partial charge in [-0.2, -0.15) is 0 Å². The van der Waals surface area contributed by atoms with E-state index in [0.29, 0.717) is 0 Å². The van der Waals surface area contributed by atoms with Crippen molar-refractivity contribution in [1.82, 2.24) is 10.6 Å². The number of ether oxygens (including phenoxy) is 2. The summed E-state index contributed by atoms with van der Waals surface area (Å²) in [6, 6.07) is -0.250. The van der Waals surface area contributed by atoms with Crippen molar-refractivity contribution in [3.05, 3.63) is 0 Å². The van der Waals surface area contributed by atoms with Crippen LogP contribution in [0.25, 0.3) is 0 Å². The molecule has 5 nitrogen and oxygen atoms in total. The van der Waals surface area contributed by atoms with Gasteiger partial charge in [-0.25, -0.2) is 4.79 Å². The number of alkyl halides is 3. The Balaban J connectivity index is 2.24. The van der Waals surface area contributed by atoms with E-state index < -0.39 is 24.2 Å². The Morgan fingerprint density at radius 2 is 2.00 bits per heavy atom. The molecule has 112 valence electrons. The maximum atomic E-state index is 12.0. The van der Waals surface area contributed by atoms with E-state index in [1.807, 2.05) is 0 Å². The van der Waals surface area contributed by atoms with Gasteiger partial charge in [0, 0.05) is 19.1 Å². The van der Waals surface area contributed by atoms with Gasteiger partial charge in [-0.1, -0.05) is 0 Å². The van der Waals surface area contributed by atoms with E-state index in [0.717, 1.165) is 0 Å². The van der Waals surface area contributed by atoms with Gasteiger partial charge in [0.2, 0.25) is 0 Å². The molecule has 19 heavy (non-hydrogen) atoms. The van der Waals surface area contributed by atoms with E-state index in [1.165, 1.54) is 0 Å². The molecule has 0 aromatic carbocycles. The van der Waals surface area contributed by atoms with Crippen LogP contribution in [0.3, 0.4) is 0 Å². The van der Waals surface area contributed by atoms with Crippen molar-refractivity contribution in [3.63, 3.8) is 0 Å². The largest absolute Gasteiger partial charge is 0.522 e. The van der Waals surface area contributed by atoms with Crippen molar-refractivity contribution < 1.29 is 27.4 Å². The van der Waals surface area contributed by atoms with Gasteiger partial charge in [0.05, 0.1) is 6.10 Å². The lowest BCUT2D eigenvalue weighted by molar-refractivity contribution is -0.340. The topological polar surface area (TPSA) is 59.6 Å². The Bertz CT molecular complexity index is 315. The number of hydrogen-bond donors (Lipinski definition) is 2. The average molecular weight is 284 g/mol. The average Bonchev–Trinajstić information content (AvgIpc) is 2.57. The van der Waals surface area contributed by atoms with Gasteiger partial charge in [0.1, 0.15) is 5.60 Å². The second-order valence-corrected chi connectivity index (χ2v) is 5.41. The van der Waals surface area contributed by atoms with Crippen molar-refractivity contribution in [2.75, 3.05) is 13.1 Å². The Morgan fingerprint density at radius 3 is 2.53 bits per heavy atom. The molecule has 0 aliphatic carbocycles. The van der Waals surface area contributed by atoms with E-state index in [4.69, 9.17) is 4.74 Å². The minimum absolute atomic E-state index is 0.111. The molecule has 1 fully saturated rings. The van der Waals surface area contributed by atoms with Gasteiger partial charge in [0.25, 0.3) is 0 Å². The lowest BCUT2D eigenvalue weighted by atomic mass is 10.2. The number of hydrogen-bond acceptors (Lipinski definition) is 4. The second kappa shape index (κ2) is 5.96. The van der Waals surface area contributed by atoms with Crippen LogP contribution in [0.15, 0.2) is 0 Å². The molecule has 1 saturated heterocycles. The number of nitrogens with one attached hydrogen (secondary N) is 2. The first-order valence-electron chi connectivity index (χ1n) is 6.00. The van der Waals surface area contributed by atoms with E-state index in [2.05, 4.69) is 15.4 Å². The van der Waals surface area contributed by atoms with Gasteiger partial charge >= 0.3 is 12.5 Å². The predicted octanol–water partition coefficient (Wildman–Crippen LogP) is 1.78. The molecule has 2 N–H and O–H groups in total. The minimum atomic E-state index is -4.63. The first-order chi connectivity index (χ1) is 8.55. The monoisotopic (exact) mass is 284 g/mol. The van der Waals surface area contributed by atoms with Crippen molar-refractivity contribution in [2.24, 2.45) is 0 Å². The van der Waals surface area contributed by atoms with Crippen molar-refractivity contribution >= 4 is 6.09 Å². The molecule has 0 spiro atoms. The third-order valence-corrected chi connectivity index (χ3v) is 2.37. The lowest BCUT2D eigenvalue weighted by Crippen LogP contribution is -2.39. The smallest absolute Gasteiger partial charge is 0.444 e. The van der Waals surface area contributed by atoms with Crippen LogP contribution in [0.1, 0.15) is 27.2 Å². The molecule has 0 bridgehead atoms. The second-order valence-electron chi connectivity index (χ2n) is 5.41. The molecule has 8 heteroatoms. The van der Waals surface area contributed by atoms with E-state index in [9.17, 15) is 18.0 Å². The number of carbonyl (C=O) groups is 1. The fraction of sp³-hybridized carbons (Fsp3) is 0.909. The fourth-order valence-electron chi connectivity index (χ4n) is 1.74. The maximum Gasteiger partial charge on any atom is 0.522 e. The summed E-state index contributed by atoms with van der Waals surface area (Å²) in [4.78, 5) is 11.4. The minimum Gasteiger partial charge on any atom is -0.444 e. The van der Waals surface area contributed by atoms with E-state index >= 15 is 0 Å². The fourth-order valence-corrected chi connectivity index (χ4v) is 1.74. The van der Waals surface area contributed by atoms with Crippen LogP contribution in [-0.2, 0) is 9.47 Å². The highest BCUT2D eigenvalue weighted by atomic mass is 19.4. The zero-order valence-electron chi connectivity index (χ0n) is 11.1. The zero-order chi connectivity index (χ0) is 14.7. The molecular formula is C11H19F3N2O3. The summed E-state index contributed by atoms with van der Waals surface area (Å²) in [5, 5.41) is 5.36. The molecule has 0 aromatic rings. The van der Waals surface area contributed by atoms with Gasteiger partial charge in [0.15, 0.2) is 0 Å². The van der Waals surface area contributed by atoms with E-state index in [-0.39, 0.29) is 25.6 Å². The van der Waals surface area contributed by atoms with Gasteiger partial charge in [-0.3, -0.25) is 4.74 Å². The van der Waals surface area contributed by atoms with Crippen LogP contribution >= 0.6 is 0 Å². The molecule has 0 radical (unpaired) electrons. The molecule has 1 aliphatic rings. The van der Waals surface area contributed by atoms with Crippen LogP contribution in [-0.4, -0.2) is 43.3 Å². The SMILES string of the molecule is CC(C)(C)OC(=O)NC[C@@H]1C[C@H](OC(F)(F)F)CN1. The van der Waals surface area contributed by atoms with E-state index in [1.54, 1.807) is 20.8 Å². The summed E-state index contributed by atoms with van der Waals surface area (Å²) in [6.07, 6.45) is -5.94. The first kappa shape index (κ1) is 16.0. The number of alkyl carbamates (subject to hydrolysis) is 1. The molecule has 0 aromatic heterocycles. The summed E-state index contributed by atoms with van der Waals surface area (Å²) in [5.74, 6) is 0. The summed E-state index contributed by atoms with van der Waals surface area (Å²) < 4.78 is 44.9. The van der Waals surface area contributed by atoms with Gasteiger partial charge < -0.3 is 15.4 Å². The molecule has 1 heterocycles. The Labute approximate surface area is 109 Å². The predicted molar refractivity (Wildman–Crippen MR) is 61.6 cm³/mol. The van der Waals surface area contributed by atoms with Gasteiger partial charge in [-0.05, 0) is 27.2 Å². The van der Waals surface area contributed by atoms with Gasteiger partial charge in [-0.15, -0.1) is 13.2 Å². The molecule has 0 unspecified atom stereocenters.